The minimum atomic E-state index is -0.984. The van der Waals surface area contributed by atoms with Gasteiger partial charge in [-0.25, -0.2) is 4.79 Å². The largest absolute Gasteiger partial charge is 0.481 e. The van der Waals surface area contributed by atoms with Gasteiger partial charge in [0.2, 0.25) is 0 Å². The highest BCUT2D eigenvalue weighted by Gasteiger charge is 2.41. The van der Waals surface area contributed by atoms with Gasteiger partial charge >= 0.3 is 12.1 Å². The normalized spacial score (nSPS) is 17.0. The number of hydroxylamine groups is 1. The van der Waals surface area contributed by atoms with Crippen LogP contribution in [0.3, 0.4) is 0 Å². The van der Waals surface area contributed by atoms with E-state index in [1.807, 2.05) is 0 Å². The molecular formula is C9H14N2O5. The maximum absolute atomic E-state index is 11.0. The minimum Gasteiger partial charge on any atom is -0.481 e. The zero-order valence-corrected chi connectivity index (χ0v) is 8.69. The molecule has 0 aromatic rings. The van der Waals surface area contributed by atoms with Gasteiger partial charge in [-0.15, -0.1) is 0 Å². The highest BCUT2D eigenvalue weighted by atomic mass is 16.7. The van der Waals surface area contributed by atoms with Crippen LogP contribution in [0.25, 0.3) is 0 Å². The summed E-state index contributed by atoms with van der Waals surface area (Å²) in [6.07, 6.45) is 0.468. The summed E-state index contributed by atoms with van der Waals surface area (Å²) in [6.45, 7) is 4.20. The number of amides is 1. The number of carboxylic acids is 1. The summed E-state index contributed by atoms with van der Waals surface area (Å²) in [5, 5.41) is 11.5. The maximum Gasteiger partial charge on any atom is 0.431 e. The van der Waals surface area contributed by atoms with Gasteiger partial charge in [0.25, 0.3) is 0 Å². The van der Waals surface area contributed by atoms with Crippen LogP contribution in [0, 0.1) is 0 Å². The van der Waals surface area contributed by atoms with Gasteiger partial charge in [-0.2, -0.15) is 5.48 Å². The van der Waals surface area contributed by atoms with Gasteiger partial charge in [-0.05, 0) is 0 Å². The Labute approximate surface area is 92.4 Å². The second-order valence-electron chi connectivity index (χ2n) is 3.45. The molecule has 0 atom stereocenters. The summed E-state index contributed by atoms with van der Waals surface area (Å²) in [6, 6.07) is 0. The van der Waals surface area contributed by atoms with Gasteiger partial charge in [0, 0.05) is 13.1 Å². The lowest BCUT2D eigenvalue weighted by atomic mass is 9.93. The van der Waals surface area contributed by atoms with Crippen LogP contribution in [0.4, 0.5) is 4.79 Å². The van der Waals surface area contributed by atoms with Crippen molar-refractivity contribution >= 4 is 12.1 Å². The molecule has 0 aromatic carbocycles. The van der Waals surface area contributed by atoms with Crippen molar-refractivity contribution in [2.45, 2.75) is 12.0 Å². The number of rotatable bonds is 6. The first-order valence-electron chi connectivity index (χ1n) is 4.72. The molecule has 1 fully saturated rings. The summed E-state index contributed by atoms with van der Waals surface area (Å²) < 4.78 is 4.60. The number of carboxylic acid groups (broad SMARTS) is 1. The monoisotopic (exact) mass is 230 g/mol. The summed E-state index contributed by atoms with van der Waals surface area (Å²) in [4.78, 5) is 26.6. The summed E-state index contributed by atoms with van der Waals surface area (Å²) in [5.41, 5.74) is 1.18. The third-order valence-corrected chi connectivity index (χ3v) is 2.05. The van der Waals surface area contributed by atoms with Crippen LogP contribution >= 0.6 is 0 Å². The van der Waals surface area contributed by atoms with Gasteiger partial charge in [0.05, 0.1) is 6.42 Å². The molecule has 3 N–H and O–H groups in total. The standard InChI is InChI=1S/C9H14N2O5/c1-2-3-15-8(14)11-16-9(4-7(12)13)5-10-6-9/h2,10H,1,3-6H2,(H,11,14)(H,12,13). The van der Waals surface area contributed by atoms with Crippen LogP contribution in [0.5, 0.6) is 0 Å². The van der Waals surface area contributed by atoms with Gasteiger partial charge in [0.1, 0.15) is 12.2 Å². The van der Waals surface area contributed by atoms with E-state index in [9.17, 15) is 9.59 Å². The lowest BCUT2D eigenvalue weighted by Crippen LogP contribution is -2.64. The molecule has 16 heavy (non-hydrogen) atoms. The number of hydrogen-bond acceptors (Lipinski definition) is 5. The number of carbonyl (C=O) groups excluding carboxylic acids is 1. The van der Waals surface area contributed by atoms with E-state index in [1.165, 1.54) is 6.08 Å². The quantitative estimate of drug-likeness (QED) is 0.426. The van der Waals surface area contributed by atoms with Crippen LogP contribution in [0.1, 0.15) is 6.42 Å². The molecule has 0 aromatic heterocycles. The van der Waals surface area contributed by atoms with E-state index >= 15 is 0 Å². The maximum atomic E-state index is 11.0. The van der Waals surface area contributed by atoms with Gasteiger partial charge in [-0.3, -0.25) is 9.63 Å². The first-order valence-corrected chi connectivity index (χ1v) is 4.72. The molecule has 1 saturated heterocycles. The fraction of sp³-hybridized carbons (Fsp3) is 0.556. The molecule has 7 heteroatoms. The average Bonchev–Trinajstić information content (AvgIpc) is 2.18. The third kappa shape index (κ3) is 3.52. The molecule has 1 heterocycles. The van der Waals surface area contributed by atoms with Gasteiger partial charge in [-0.1, -0.05) is 12.7 Å². The fourth-order valence-electron chi connectivity index (χ4n) is 1.23. The lowest BCUT2D eigenvalue weighted by Gasteiger charge is -2.39. The van der Waals surface area contributed by atoms with E-state index in [4.69, 9.17) is 9.94 Å². The predicted molar refractivity (Wildman–Crippen MR) is 53.6 cm³/mol. The highest BCUT2D eigenvalue weighted by Crippen LogP contribution is 2.19. The number of ether oxygens (including phenoxy) is 1. The Kier molecular flexibility index (Phi) is 4.27. The minimum absolute atomic E-state index is 0.0688. The molecule has 0 unspecified atom stereocenters. The van der Waals surface area contributed by atoms with Crippen LogP contribution in [0.2, 0.25) is 0 Å². The van der Waals surface area contributed by atoms with Crippen molar-refractivity contribution < 1.29 is 24.3 Å². The number of carbonyl (C=O) groups is 2. The molecule has 1 aliphatic rings. The topological polar surface area (TPSA) is 96.9 Å². The van der Waals surface area contributed by atoms with E-state index in [1.54, 1.807) is 0 Å². The van der Waals surface area contributed by atoms with Crippen LogP contribution in [-0.4, -0.2) is 42.5 Å². The fourth-order valence-corrected chi connectivity index (χ4v) is 1.23. The van der Waals surface area contributed by atoms with E-state index in [-0.39, 0.29) is 13.0 Å². The second kappa shape index (κ2) is 5.47. The van der Waals surface area contributed by atoms with Crippen molar-refractivity contribution in [3.05, 3.63) is 12.7 Å². The predicted octanol–water partition coefficient (Wildman–Crippen LogP) is -0.353. The van der Waals surface area contributed by atoms with E-state index < -0.39 is 17.7 Å². The van der Waals surface area contributed by atoms with Gasteiger partial charge in [0.15, 0.2) is 0 Å². The number of hydrogen-bond donors (Lipinski definition) is 3. The SMILES string of the molecule is C=CCOC(=O)NOC1(CC(=O)O)CNC1. The van der Waals surface area contributed by atoms with Crippen molar-refractivity contribution in [1.82, 2.24) is 10.8 Å². The molecule has 1 rings (SSSR count). The van der Waals surface area contributed by atoms with E-state index in [0.29, 0.717) is 13.1 Å². The molecule has 7 nitrogen and oxygen atoms in total. The Morgan fingerprint density at radius 1 is 1.56 bits per heavy atom. The van der Waals surface area contributed by atoms with Crippen molar-refractivity contribution in [3.8, 4) is 0 Å². The summed E-state index contributed by atoms with van der Waals surface area (Å²) in [7, 11) is 0. The molecule has 90 valence electrons. The molecule has 1 amide bonds. The molecule has 0 bridgehead atoms. The first kappa shape index (κ1) is 12.5. The van der Waals surface area contributed by atoms with E-state index in [2.05, 4.69) is 22.1 Å². The number of aliphatic carboxylic acids is 1. The van der Waals surface area contributed by atoms with Gasteiger partial charge < -0.3 is 15.2 Å². The van der Waals surface area contributed by atoms with Crippen molar-refractivity contribution in [2.75, 3.05) is 19.7 Å². The van der Waals surface area contributed by atoms with Crippen molar-refractivity contribution in [3.63, 3.8) is 0 Å². The average molecular weight is 230 g/mol. The Morgan fingerprint density at radius 3 is 2.69 bits per heavy atom. The molecule has 0 radical (unpaired) electrons. The first-order chi connectivity index (χ1) is 7.58. The Bertz CT molecular complexity index is 288. The molecule has 1 aliphatic heterocycles. The molecule has 0 saturated carbocycles. The summed E-state index contributed by atoms with van der Waals surface area (Å²) in [5.74, 6) is -0.984. The van der Waals surface area contributed by atoms with Crippen molar-refractivity contribution in [1.29, 1.82) is 0 Å². The lowest BCUT2D eigenvalue weighted by molar-refractivity contribution is -0.160. The number of nitrogens with one attached hydrogen (secondary N) is 2. The second-order valence-corrected chi connectivity index (χ2v) is 3.45. The highest BCUT2D eigenvalue weighted by molar-refractivity contribution is 5.69. The molecular weight excluding hydrogens is 216 g/mol. The molecule has 0 aliphatic carbocycles. The Balaban J connectivity index is 2.31. The summed E-state index contributed by atoms with van der Waals surface area (Å²) >= 11 is 0. The Hall–Kier alpha value is -1.60. The zero-order valence-electron chi connectivity index (χ0n) is 8.69. The smallest absolute Gasteiger partial charge is 0.431 e. The van der Waals surface area contributed by atoms with Crippen LogP contribution in [0.15, 0.2) is 12.7 Å². The third-order valence-electron chi connectivity index (χ3n) is 2.05. The zero-order chi connectivity index (χ0) is 12.0. The van der Waals surface area contributed by atoms with Crippen LogP contribution < -0.4 is 10.8 Å². The van der Waals surface area contributed by atoms with E-state index in [0.717, 1.165) is 0 Å². The van der Waals surface area contributed by atoms with Crippen LogP contribution in [-0.2, 0) is 14.4 Å². The molecule has 0 spiro atoms. The van der Waals surface area contributed by atoms with Crippen molar-refractivity contribution in [2.24, 2.45) is 0 Å². The Morgan fingerprint density at radius 2 is 2.25 bits per heavy atom.